The van der Waals surface area contributed by atoms with E-state index < -0.39 is 23.8 Å². The molecule has 2 aromatic carbocycles. The molecule has 0 radical (unpaired) electrons. The van der Waals surface area contributed by atoms with E-state index in [-0.39, 0.29) is 27.6 Å². The zero-order valence-corrected chi connectivity index (χ0v) is 18.4. The molecular weight excluding hydrogens is 464 g/mol. The Labute approximate surface area is 198 Å². The summed E-state index contributed by atoms with van der Waals surface area (Å²) < 4.78 is 11.0. The molecular formula is C24H16ClN2O7-. The zero-order chi connectivity index (χ0) is 24.4. The van der Waals surface area contributed by atoms with Crippen LogP contribution >= 0.6 is 11.6 Å². The van der Waals surface area contributed by atoms with Crippen molar-refractivity contribution in [3.05, 3.63) is 76.5 Å². The molecule has 2 heterocycles. The van der Waals surface area contributed by atoms with E-state index in [9.17, 15) is 24.3 Å². The number of carbonyl (C=O) groups is 4. The summed E-state index contributed by atoms with van der Waals surface area (Å²) in [6, 6.07) is 12.6. The summed E-state index contributed by atoms with van der Waals surface area (Å²) in [5.74, 6) is -2.04. The van der Waals surface area contributed by atoms with Crippen molar-refractivity contribution in [1.29, 1.82) is 0 Å². The van der Waals surface area contributed by atoms with Gasteiger partial charge >= 0.3 is 6.03 Å². The van der Waals surface area contributed by atoms with Crippen LogP contribution in [0.2, 0.25) is 5.02 Å². The number of rotatable bonds is 6. The number of imide groups is 2. The van der Waals surface area contributed by atoms with Gasteiger partial charge in [0.2, 0.25) is 0 Å². The molecule has 1 aliphatic rings. The van der Waals surface area contributed by atoms with Gasteiger partial charge in [0.1, 0.15) is 22.8 Å². The van der Waals surface area contributed by atoms with Gasteiger partial charge in [-0.1, -0.05) is 23.7 Å². The number of urea groups is 1. The molecule has 1 fully saturated rings. The lowest BCUT2D eigenvalue weighted by Crippen LogP contribution is -2.54. The molecule has 0 unspecified atom stereocenters. The highest BCUT2D eigenvalue weighted by Crippen LogP contribution is 2.29. The molecule has 1 saturated heterocycles. The van der Waals surface area contributed by atoms with Gasteiger partial charge in [0.25, 0.3) is 11.8 Å². The van der Waals surface area contributed by atoms with Crippen molar-refractivity contribution in [2.75, 3.05) is 11.5 Å². The number of nitrogens with one attached hydrogen (secondary N) is 1. The number of anilines is 1. The second kappa shape index (κ2) is 9.24. The molecule has 3 aromatic rings. The lowest BCUT2D eigenvalue weighted by molar-refractivity contribution is -0.255. The van der Waals surface area contributed by atoms with Crippen molar-refractivity contribution in [1.82, 2.24) is 5.32 Å². The molecule has 34 heavy (non-hydrogen) atoms. The summed E-state index contributed by atoms with van der Waals surface area (Å²) in [6.45, 7) is 2.29. The molecule has 9 nitrogen and oxygen atoms in total. The average molecular weight is 480 g/mol. The monoisotopic (exact) mass is 479 g/mol. The van der Waals surface area contributed by atoms with Gasteiger partial charge in [0.15, 0.2) is 0 Å². The fourth-order valence-electron chi connectivity index (χ4n) is 3.31. The first-order valence-electron chi connectivity index (χ1n) is 10.0. The Morgan fingerprint density at radius 2 is 1.85 bits per heavy atom. The highest BCUT2D eigenvalue weighted by Gasteiger charge is 2.37. The van der Waals surface area contributed by atoms with Gasteiger partial charge in [0.05, 0.1) is 23.3 Å². The highest BCUT2D eigenvalue weighted by molar-refractivity contribution is 6.39. The number of hydrogen-bond donors (Lipinski definition) is 1. The number of carbonyl (C=O) groups excluding carboxylic acids is 4. The lowest BCUT2D eigenvalue weighted by Gasteiger charge is -2.26. The van der Waals surface area contributed by atoms with Crippen LogP contribution in [0.3, 0.4) is 0 Å². The summed E-state index contributed by atoms with van der Waals surface area (Å²) >= 11 is 5.97. The van der Waals surface area contributed by atoms with Crippen LogP contribution in [0.5, 0.6) is 5.75 Å². The third kappa shape index (κ3) is 4.41. The van der Waals surface area contributed by atoms with Crippen LogP contribution in [0.25, 0.3) is 17.4 Å². The van der Waals surface area contributed by atoms with Crippen LogP contribution in [0, 0.1) is 0 Å². The maximum atomic E-state index is 13.0. The van der Waals surface area contributed by atoms with E-state index in [2.05, 4.69) is 5.32 Å². The molecule has 4 amide bonds. The number of amides is 4. The number of ether oxygens (including phenoxy) is 1. The first-order valence-corrected chi connectivity index (χ1v) is 10.4. The number of aromatic carboxylic acids is 1. The topological polar surface area (TPSA) is 129 Å². The molecule has 10 heteroatoms. The van der Waals surface area contributed by atoms with Crippen molar-refractivity contribution in [3.8, 4) is 17.1 Å². The predicted octanol–water partition coefficient (Wildman–Crippen LogP) is 3.03. The smallest absolute Gasteiger partial charge is 0.335 e. The largest absolute Gasteiger partial charge is 0.545 e. The quantitative estimate of drug-likeness (QED) is 0.425. The van der Waals surface area contributed by atoms with Crippen molar-refractivity contribution in [3.63, 3.8) is 0 Å². The van der Waals surface area contributed by atoms with Crippen molar-refractivity contribution in [2.24, 2.45) is 0 Å². The van der Waals surface area contributed by atoms with Crippen LogP contribution in [0.4, 0.5) is 10.5 Å². The van der Waals surface area contributed by atoms with Crippen molar-refractivity contribution >= 4 is 47.2 Å². The Morgan fingerprint density at radius 3 is 2.50 bits per heavy atom. The maximum absolute atomic E-state index is 13.0. The van der Waals surface area contributed by atoms with E-state index >= 15 is 0 Å². The first-order chi connectivity index (χ1) is 16.3. The Balaban J connectivity index is 1.62. The first kappa shape index (κ1) is 22.8. The lowest BCUT2D eigenvalue weighted by atomic mass is 10.1. The van der Waals surface area contributed by atoms with Crippen LogP contribution in [0.1, 0.15) is 23.0 Å². The molecule has 0 aliphatic carbocycles. The number of halogens is 1. The van der Waals surface area contributed by atoms with Gasteiger partial charge in [-0.05, 0) is 55.5 Å². The highest BCUT2D eigenvalue weighted by atomic mass is 35.5. The molecule has 0 spiro atoms. The zero-order valence-electron chi connectivity index (χ0n) is 17.7. The van der Waals surface area contributed by atoms with E-state index in [0.717, 1.165) is 4.90 Å². The molecule has 4 rings (SSSR count). The van der Waals surface area contributed by atoms with E-state index in [1.54, 1.807) is 18.2 Å². The Kier molecular flexibility index (Phi) is 6.20. The summed E-state index contributed by atoms with van der Waals surface area (Å²) in [6.07, 6.45) is 1.21. The minimum absolute atomic E-state index is 0.0276. The molecule has 0 saturated carbocycles. The summed E-state index contributed by atoms with van der Waals surface area (Å²) in [7, 11) is 0. The molecule has 0 bridgehead atoms. The minimum atomic E-state index is -1.41. The Morgan fingerprint density at radius 1 is 1.12 bits per heavy atom. The standard InChI is InChI=1S/C24H17ClN2O7/c1-2-33-15-6-4-14(5-7-15)27-22(29)18(21(28)26-24(27)32)12-16-8-10-20(34-16)13-3-9-17(23(30)31)19(25)11-13/h3-12H,2H2,1H3,(H,30,31)(H,26,28,32)/p-1/b18-12+. The average Bonchev–Trinajstić information content (AvgIpc) is 3.26. The summed E-state index contributed by atoms with van der Waals surface area (Å²) in [4.78, 5) is 49.6. The second-order valence-corrected chi connectivity index (χ2v) is 7.48. The number of furan rings is 1. The van der Waals surface area contributed by atoms with Gasteiger partial charge in [0, 0.05) is 11.1 Å². The van der Waals surface area contributed by atoms with Gasteiger partial charge in [-0.15, -0.1) is 0 Å². The number of hydrogen-bond acceptors (Lipinski definition) is 7. The number of barbiturate groups is 1. The van der Waals surface area contributed by atoms with Crippen LogP contribution < -0.4 is 20.1 Å². The fourth-order valence-corrected chi connectivity index (χ4v) is 3.57. The molecule has 1 N–H and O–H groups in total. The van der Waals surface area contributed by atoms with Crippen LogP contribution in [0.15, 0.2) is 64.6 Å². The summed E-state index contributed by atoms with van der Waals surface area (Å²) in [5.41, 5.74) is 0.264. The van der Waals surface area contributed by atoms with E-state index in [1.807, 2.05) is 6.92 Å². The third-order valence-corrected chi connectivity index (χ3v) is 5.21. The minimum Gasteiger partial charge on any atom is -0.545 e. The Hall–Kier alpha value is -4.37. The SMILES string of the molecule is CCOc1ccc(N2C(=O)NC(=O)/C(=C\c3ccc(-c4ccc(C(=O)[O-])c(Cl)c4)o3)C2=O)cc1. The predicted molar refractivity (Wildman–Crippen MR) is 120 cm³/mol. The number of carboxylic acids is 1. The van der Waals surface area contributed by atoms with Gasteiger partial charge in [-0.2, -0.15) is 0 Å². The van der Waals surface area contributed by atoms with Crippen molar-refractivity contribution in [2.45, 2.75) is 6.92 Å². The molecule has 172 valence electrons. The molecule has 0 atom stereocenters. The normalized spacial score (nSPS) is 14.9. The third-order valence-electron chi connectivity index (χ3n) is 4.89. The molecule has 1 aromatic heterocycles. The van der Waals surface area contributed by atoms with Crippen LogP contribution in [-0.2, 0) is 9.59 Å². The summed E-state index contributed by atoms with van der Waals surface area (Å²) in [5, 5.41) is 13.1. The van der Waals surface area contributed by atoms with Gasteiger partial charge < -0.3 is 19.1 Å². The molecule has 1 aliphatic heterocycles. The van der Waals surface area contributed by atoms with Crippen LogP contribution in [-0.4, -0.2) is 30.4 Å². The number of benzene rings is 2. The Bertz CT molecular complexity index is 1340. The number of carboxylic acid groups (broad SMARTS) is 1. The second-order valence-electron chi connectivity index (χ2n) is 7.07. The fraction of sp³-hybridized carbons (Fsp3) is 0.0833. The number of nitrogens with zero attached hydrogens (tertiary/aromatic N) is 1. The van der Waals surface area contributed by atoms with E-state index in [0.29, 0.717) is 23.7 Å². The van der Waals surface area contributed by atoms with Gasteiger partial charge in [-0.25, -0.2) is 9.69 Å². The van der Waals surface area contributed by atoms with Crippen molar-refractivity contribution < 1.29 is 33.4 Å². The maximum Gasteiger partial charge on any atom is 0.335 e. The van der Waals surface area contributed by atoms with E-state index in [1.165, 1.54) is 42.5 Å². The van der Waals surface area contributed by atoms with Gasteiger partial charge in [-0.3, -0.25) is 14.9 Å². The van der Waals surface area contributed by atoms with E-state index in [4.69, 9.17) is 20.8 Å².